The zero-order chi connectivity index (χ0) is 31.9. The van der Waals surface area contributed by atoms with E-state index in [9.17, 15) is 29.1 Å². The number of phenolic OH excluding ortho intramolecular Hbond substituents is 1. The quantitative estimate of drug-likeness (QED) is 0.0705. The van der Waals surface area contributed by atoms with Crippen LogP contribution in [0.15, 0.2) is 34.3 Å². The van der Waals surface area contributed by atoms with Gasteiger partial charge in [0.1, 0.15) is 29.9 Å². The fourth-order valence-corrected chi connectivity index (χ4v) is 4.11. The van der Waals surface area contributed by atoms with Crippen molar-refractivity contribution in [2.24, 2.45) is 32.9 Å². The second kappa shape index (κ2) is 17.0. The number of aromatic hydroxyl groups is 1. The molecule has 2 rings (SSSR count). The molecule has 236 valence electrons. The van der Waals surface area contributed by atoms with Gasteiger partial charge < -0.3 is 54.6 Å². The summed E-state index contributed by atoms with van der Waals surface area (Å²) in [6, 6.07) is 1.57. The average Bonchev–Trinajstić information content (AvgIpc) is 2.94. The van der Waals surface area contributed by atoms with Crippen LogP contribution < -0.4 is 49.5 Å². The highest BCUT2D eigenvalue weighted by atomic mass is 16.3. The van der Waals surface area contributed by atoms with Gasteiger partial charge in [-0.25, -0.2) is 0 Å². The van der Waals surface area contributed by atoms with Crippen LogP contribution in [-0.2, 0) is 30.4 Å². The topological polar surface area (TPSA) is 295 Å². The molecule has 43 heavy (non-hydrogen) atoms. The number of carbonyl (C=O) groups excluding carboxylic acids is 5. The van der Waals surface area contributed by atoms with Crippen molar-refractivity contribution in [2.45, 2.75) is 63.2 Å². The van der Waals surface area contributed by atoms with Crippen LogP contribution in [0.2, 0.25) is 0 Å². The lowest BCUT2D eigenvalue weighted by Gasteiger charge is -2.25. The highest BCUT2D eigenvalue weighted by molar-refractivity contribution is 5.97. The van der Waals surface area contributed by atoms with Gasteiger partial charge in [0.05, 0.1) is 6.54 Å². The summed E-state index contributed by atoms with van der Waals surface area (Å²) < 4.78 is 0. The summed E-state index contributed by atoms with van der Waals surface area (Å²) in [6.07, 6.45) is 0.819. The third kappa shape index (κ3) is 12.5. The predicted molar refractivity (Wildman–Crippen MR) is 158 cm³/mol. The molecule has 17 nitrogen and oxygen atoms in total. The molecule has 0 spiro atoms. The Kier molecular flexibility index (Phi) is 13.5. The minimum absolute atomic E-state index is 0.0119. The van der Waals surface area contributed by atoms with E-state index in [1.165, 1.54) is 19.1 Å². The van der Waals surface area contributed by atoms with Gasteiger partial charge >= 0.3 is 0 Å². The third-order valence-corrected chi connectivity index (χ3v) is 6.36. The normalized spacial score (nSPS) is 21.9. The van der Waals surface area contributed by atoms with Gasteiger partial charge in [-0.3, -0.25) is 34.0 Å². The van der Waals surface area contributed by atoms with Gasteiger partial charge in [-0.15, -0.1) is 0 Å². The Hall–Kier alpha value is -5.09. The fraction of sp³-hybridized carbons (Fsp3) is 0.500. The molecule has 0 saturated carbocycles. The number of benzene rings is 1. The minimum atomic E-state index is -1.15. The van der Waals surface area contributed by atoms with Crippen LogP contribution in [0.4, 0.5) is 0 Å². The molecule has 1 aromatic rings. The highest BCUT2D eigenvalue weighted by Crippen LogP contribution is 2.12. The number of aliphatic imine (C=N–C) groups is 2. The van der Waals surface area contributed by atoms with Crippen LogP contribution in [-0.4, -0.2) is 90.4 Å². The van der Waals surface area contributed by atoms with Crippen molar-refractivity contribution in [3.05, 3.63) is 29.8 Å². The molecule has 0 unspecified atom stereocenters. The van der Waals surface area contributed by atoms with E-state index < -0.39 is 60.2 Å². The van der Waals surface area contributed by atoms with Crippen molar-refractivity contribution in [3.63, 3.8) is 0 Å². The second-order valence-electron chi connectivity index (χ2n) is 9.96. The lowest BCUT2D eigenvalue weighted by molar-refractivity contribution is -0.134. The van der Waals surface area contributed by atoms with Gasteiger partial charge in [0.25, 0.3) is 0 Å². The summed E-state index contributed by atoms with van der Waals surface area (Å²) in [4.78, 5) is 73.2. The Balaban J connectivity index is 2.39. The molecule has 0 bridgehead atoms. The van der Waals surface area contributed by atoms with Crippen LogP contribution in [0.5, 0.6) is 5.75 Å². The van der Waals surface area contributed by atoms with Crippen molar-refractivity contribution in [2.75, 3.05) is 19.6 Å². The first-order valence-corrected chi connectivity index (χ1v) is 13.7. The maximum Gasteiger partial charge on any atom is 0.243 e. The van der Waals surface area contributed by atoms with E-state index in [0.29, 0.717) is 18.4 Å². The number of nitrogens with zero attached hydrogens (tertiary/aromatic N) is 2. The lowest BCUT2D eigenvalue weighted by atomic mass is 10.0. The Bertz CT molecular complexity index is 1200. The van der Waals surface area contributed by atoms with Gasteiger partial charge in [0.15, 0.2) is 11.9 Å². The van der Waals surface area contributed by atoms with E-state index in [1.54, 1.807) is 12.1 Å². The summed E-state index contributed by atoms with van der Waals surface area (Å²) in [5.41, 5.74) is 22.1. The number of guanidine groups is 2. The SMILES string of the molecule is C[C@@H]1NC(=O)[C@H](CCCN=C(N)N)NC(=O)[C@@H](CCCN=C(N)N)NC(=O)[C@@H](Cc2ccc(O)cc2)NC(=O)CNC1=O. The first-order valence-electron chi connectivity index (χ1n) is 13.7. The largest absolute Gasteiger partial charge is 0.508 e. The summed E-state index contributed by atoms with van der Waals surface area (Å²) in [5, 5.41) is 22.5. The molecule has 0 aliphatic carbocycles. The predicted octanol–water partition coefficient (Wildman–Crippen LogP) is -3.87. The molecule has 1 aliphatic heterocycles. The number of carbonyl (C=O) groups is 5. The first kappa shape index (κ1) is 34.1. The third-order valence-electron chi connectivity index (χ3n) is 6.36. The zero-order valence-electron chi connectivity index (χ0n) is 24.0. The minimum Gasteiger partial charge on any atom is -0.508 e. The van der Waals surface area contributed by atoms with Gasteiger partial charge in [-0.1, -0.05) is 12.1 Å². The van der Waals surface area contributed by atoms with E-state index >= 15 is 0 Å². The van der Waals surface area contributed by atoms with Crippen LogP contribution in [0, 0.1) is 0 Å². The van der Waals surface area contributed by atoms with Crippen molar-refractivity contribution >= 4 is 41.5 Å². The van der Waals surface area contributed by atoms with Crippen molar-refractivity contribution < 1.29 is 29.1 Å². The molecule has 14 N–H and O–H groups in total. The summed E-state index contributed by atoms with van der Waals surface area (Å²) in [6.45, 7) is 1.30. The van der Waals surface area contributed by atoms with Gasteiger partial charge in [0.2, 0.25) is 29.5 Å². The Morgan fingerprint density at radius 1 is 0.744 bits per heavy atom. The smallest absolute Gasteiger partial charge is 0.243 e. The summed E-state index contributed by atoms with van der Waals surface area (Å²) in [5.74, 6) is -3.60. The van der Waals surface area contributed by atoms with Gasteiger partial charge in [0, 0.05) is 19.5 Å². The fourth-order valence-electron chi connectivity index (χ4n) is 4.11. The van der Waals surface area contributed by atoms with Crippen LogP contribution >= 0.6 is 0 Å². The summed E-state index contributed by atoms with van der Waals surface area (Å²) in [7, 11) is 0. The number of hydrogen-bond acceptors (Lipinski definition) is 8. The standard InChI is InChI=1S/C26H41N11O6/c1-14-21(40)33-13-20(39)35-19(12-15-6-8-16(38)9-7-15)24(43)37-18(5-3-11-32-26(29)30)23(42)36-17(22(41)34-14)4-2-10-31-25(27)28/h6-9,14,17-19,38H,2-5,10-13H2,1H3,(H,33,40)(H,34,41)(H,35,39)(H,36,42)(H,37,43)(H4,27,28,31)(H4,29,30,32)/t14-,17-,18+,19+/m0/s1. The van der Waals surface area contributed by atoms with Crippen LogP contribution in [0.3, 0.4) is 0 Å². The number of phenols is 1. The molecule has 1 heterocycles. The van der Waals surface area contributed by atoms with Crippen LogP contribution in [0.25, 0.3) is 0 Å². The maximum atomic E-state index is 13.5. The molecule has 1 fully saturated rings. The molecule has 1 saturated heterocycles. The molecule has 0 radical (unpaired) electrons. The molecule has 17 heteroatoms. The number of hydrogen-bond donors (Lipinski definition) is 10. The van der Waals surface area contributed by atoms with E-state index in [2.05, 4.69) is 36.6 Å². The molecule has 5 amide bonds. The second-order valence-corrected chi connectivity index (χ2v) is 9.96. The number of rotatable bonds is 10. The van der Waals surface area contributed by atoms with Crippen LogP contribution in [0.1, 0.15) is 38.2 Å². The van der Waals surface area contributed by atoms with Gasteiger partial charge in [-0.2, -0.15) is 0 Å². The first-order chi connectivity index (χ1) is 20.3. The van der Waals surface area contributed by atoms with Gasteiger partial charge in [-0.05, 0) is 50.3 Å². The number of amides is 5. The monoisotopic (exact) mass is 603 g/mol. The molecular weight excluding hydrogens is 562 g/mol. The Morgan fingerprint density at radius 3 is 1.74 bits per heavy atom. The van der Waals surface area contributed by atoms with E-state index in [0.717, 1.165) is 0 Å². The molecule has 0 aromatic heterocycles. The van der Waals surface area contributed by atoms with Crippen molar-refractivity contribution in [1.82, 2.24) is 26.6 Å². The van der Waals surface area contributed by atoms with E-state index in [1.807, 2.05) is 0 Å². The average molecular weight is 604 g/mol. The number of nitrogens with one attached hydrogen (secondary N) is 5. The Labute approximate surface area is 248 Å². The number of nitrogens with two attached hydrogens (primary N) is 4. The lowest BCUT2D eigenvalue weighted by Crippen LogP contribution is -2.57. The van der Waals surface area contributed by atoms with E-state index in [-0.39, 0.29) is 50.0 Å². The molecule has 1 aromatic carbocycles. The maximum absolute atomic E-state index is 13.5. The van der Waals surface area contributed by atoms with Crippen molar-refractivity contribution in [1.29, 1.82) is 0 Å². The molecule has 4 atom stereocenters. The highest BCUT2D eigenvalue weighted by Gasteiger charge is 2.31. The van der Waals surface area contributed by atoms with Crippen molar-refractivity contribution in [3.8, 4) is 5.75 Å². The summed E-state index contributed by atoms with van der Waals surface area (Å²) >= 11 is 0. The van der Waals surface area contributed by atoms with E-state index in [4.69, 9.17) is 22.9 Å². The zero-order valence-corrected chi connectivity index (χ0v) is 24.0. The molecule has 1 aliphatic rings. The molecular formula is C26H41N11O6. The Morgan fingerprint density at radius 2 is 1.23 bits per heavy atom.